The van der Waals surface area contributed by atoms with Crippen LogP contribution in [0.5, 0.6) is 23.0 Å². The Morgan fingerprint density at radius 3 is 2.22 bits per heavy atom. The maximum absolute atomic E-state index is 13.1. The van der Waals surface area contributed by atoms with Gasteiger partial charge in [0, 0.05) is 44.0 Å². The van der Waals surface area contributed by atoms with Crippen molar-refractivity contribution in [2.24, 2.45) is 4.99 Å². The molecule has 0 unspecified atom stereocenters. The van der Waals surface area contributed by atoms with Crippen molar-refractivity contribution < 1.29 is 28.5 Å². The molecule has 1 N–H and O–H groups in total. The van der Waals surface area contributed by atoms with Crippen LogP contribution in [0.2, 0.25) is 0 Å². The Kier molecular flexibility index (Phi) is 7.89. The molecule has 2 fully saturated rings. The molecule has 4 aliphatic rings. The van der Waals surface area contributed by atoms with Gasteiger partial charge in [-0.25, -0.2) is 0 Å². The number of hydrogen-bond donors (Lipinski definition) is 1. The minimum absolute atomic E-state index is 0.00122. The van der Waals surface area contributed by atoms with Crippen molar-refractivity contribution in [1.29, 1.82) is 0 Å². The van der Waals surface area contributed by atoms with Crippen LogP contribution in [0.25, 0.3) is 0 Å². The predicted molar refractivity (Wildman–Crippen MR) is 156 cm³/mol. The lowest BCUT2D eigenvalue weighted by Crippen LogP contribution is -2.36. The number of amides is 2. The molecular weight excluding hydrogens is 524 g/mol. The Bertz CT molecular complexity index is 1340. The van der Waals surface area contributed by atoms with Crippen LogP contribution in [-0.4, -0.2) is 87.0 Å². The summed E-state index contributed by atoms with van der Waals surface area (Å²) in [7, 11) is 3.18. The first-order valence-electron chi connectivity index (χ1n) is 14.7. The summed E-state index contributed by atoms with van der Waals surface area (Å²) in [5.74, 6) is 2.38. The second kappa shape index (κ2) is 11.9. The lowest BCUT2D eigenvalue weighted by molar-refractivity contribution is 0.0747. The van der Waals surface area contributed by atoms with Gasteiger partial charge >= 0.3 is 0 Å². The second-order valence-corrected chi connectivity index (χ2v) is 11.0. The van der Waals surface area contributed by atoms with Crippen molar-refractivity contribution in [3.05, 3.63) is 35.4 Å². The number of rotatable bonds is 10. The molecule has 0 aliphatic carbocycles. The largest absolute Gasteiger partial charge is 0.493 e. The summed E-state index contributed by atoms with van der Waals surface area (Å²) in [6, 6.07) is 7.55. The van der Waals surface area contributed by atoms with Gasteiger partial charge in [-0.15, -0.1) is 0 Å². The van der Waals surface area contributed by atoms with Gasteiger partial charge in [-0.1, -0.05) is 0 Å². The smallest absolute Gasteiger partial charge is 0.256 e. The molecule has 10 nitrogen and oxygen atoms in total. The number of aliphatic imine (C=N–C) groups is 1. The summed E-state index contributed by atoms with van der Waals surface area (Å²) in [5, 5.41) is 3.44. The van der Waals surface area contributed by atoms with Crippen LogP contribution in [0, 0.1) is 0 Å². The van der Waals surface area contributed by atoms with Crippen LogP contribution < -0.4 is 24.3 Å². The summed E-state index contributed by atoms with van der Waals surface area (Å²) >= 11 is 0. The third-order valence-electron chi connectivity index (χ3n) is 8.46. The molecule has 2 amide bonds. The fourth-order valence-corrected chi connectivity index (χ4v) is 6.22. The standard InChI is InChI=1S/C31H38N4O6/c1-38-26-14-22-24(32-18-20-8-6-10-34(20)30(22)36)16-28(26)40-12-4-3-5-13-41-29-17-25-23(15-27(29)39-2)31(37)35-11-7-9-21(35)19-33-25/h14-18,20-21,33H,3-13,19H2,1-2H3/t20-,21-/m0/s1. The molecule has 0 saturated carbocycles. The second-order valence-electron chi connectivity index (χ2n) is 11.0. The molecule has 218 valence electrons. The number of hydrogen-bond acceptors (Lipinski definition) is 8. The molecule has 0 bridgehead atoms. The summed E-state index contributed by atoms with van der Waals surface area (Å²) in [6.45, 7) is 3.35. The van der Waals surface area contributed by atoms with Crippen molar-refractivity contribution in [1.82, 2.24) is 9.80 Å². The zero-order chi connectivity index (χ0) is 28.3. The molecule has 10 heteroatoms. The topological polar surface area (TPSA) is 102 Å². The van der Waals surface area contributed by atoms with E-state index in [0.717, 1.165) is 70.3 Å². The average Bonchev–Trinajstić information content (AvgIpc) is 3.62. The predicted octanol–water partition coefficient (Wildman–Crippen LogP) is 4.68. The molecular formula is C31H38N4O6. The highest BCUT2D eigenvalue weighted by Gasteiger charge is 2.34. The lowest BCUT2D eigenvalue weighted by atomic mass is 10.1. The van der Waals surface area contributed by atoms with Gasteiger partial charge in [-0.3, -0.25) is 14.6 Å². The monoisotopic (exact) mass is 562 g/mol. The number of ether oxygens (including phenoxy) is 4. The molecule has 0 aromatic heterocycles. The van der Waals surface area contributed by atoms with E-state index >= 15 is 0 Å². The van der Waals surface area contributed by atoms with E-state index in [2.05, 4.69) is 10.3 Å². The molecule has 2 atom stereocenters. The first-order chi connectivity index (χ1) is 20.1. The van der Waals surface area contributed by atoms with Gasteiger partial charge in [0.15, 0.2) is 23.0 Å². The molecule has 41 heavy (non-hydrogen) atoms. The quantitative estimate of drug-likeness (QED) is 0.420. The van der Waals surface area contributed by atoms with Crippen LogP contribution in [0.3, 0.4) is 0 Å². The van der Waals surface area contributed by atoms with Crippen LogP contribution >= 0.6 is 0 Å². The van der Waals surface area contributed by atoms with E-state index in [-0.39, 0.29) is 23.9 Å². The Morgan fingerprint density at radius 1 is 0.805 bits per heavy atom. The molecule has 0 spiro atoms. The van der Waals surface area contributed by atoms with Crippen molar-refractivity contribution in [3.63, 3.8) is 0 Å². The molecule has 6 rings (SSSR count). The number of carbonyl (C=O) groups is 2. The van der Waals surface area contributed by atoms with Crippen LogP contribution in [0.15, 0.2) is 29.3 Å². The fourth-order valence-electron chi connectivity index (χ4n) is 6.22. The molecule has 2 aromatic rings. The Hall–Kier alpha value is -3.95. The lowest BCUT2D eigenvalue weighted by Gasteiger charge is -2.21. The van der Waals surface area contributed by atoms with E-state index in [1.807, 2.05) is 22.1 Å². The Labute approximate surface area is 240 Å². The van der Waals surface area contributed by atoms with Crippen molar-refractivity contribution >= 4 is 29.4 Å². The third kappa shape index (κ3) is 5.39. The molecule has 2 saturated heterocycles. The van der Waals surface area contributed by atoms with Crippen molar-refractivity contribution in [2.75, 3.05) is 52.4 Å². The summed E-state index contributed by atoms with van der Waals surface area (Å²) in [6.07, 6.45) is 8.47. The van der Waals surface area contributed by atoms with Gasteiger partial charge in [-0.2, -0.15) is 0 Å². The Morgan fingerprint density at radius 2 is 1.46 bits per heavy atom. The van der Waals surface area contributed by atoms with Crippen molar-refractivity contribution in [3.8, 4) is 23.0 Å². The minimum Gasteiger partial charge on any atom is -0.493 e. The van der Waals surface area contributed by atoms with Gasteiger partial charge in [-0.05, 0) is 57.1 Å². The Balaban J connectivity index is 1.01. The van der Waals surface area contributed by atoms with Crippen LogP contribution in [-0.2, 0) is 0 Å². The van der Waals surface area contributed by atoms with Gasteiger partial charge in [0.05, 0.1) is 56.0 Å². The van der Waals surface area contributed by atoms with Crippen LogP contribution in [0.1, 0.15) is 65.7 Å². The normalized spacial score (nSPS) is 20.8. The molecule has 0 radical (unpaired) electrons. The zero-order valence-electron chi connectivity index (χ0n) is 23.8. The summed E-state index contributed by atoms with van der Waals surface area (Å²) < 4.78 is 23.2. The van der Waals surface area contributed by atoms with Gasteiger partial charge < -0.3 is 34.1 Å². The fraction of sp³-hybridized carbons (Fsp3) is 0.516. The highest BCUT2D eigenvalue weighted by molar-refractivity contribution is 6.03. The van der Waals surface area contributed by atoms with E-state index < -0.39 is 0 Å². The number of methoxy groups -OCH3 is 2. The van der Waals surface area contributed by atoms with E-state index in [1.54, 1.807) is 32.4 Å². The summed E-state index contributed by atoms with van der Waals surface area (Å²) in [5.41, 5.74) is 2.62. The molecule has 2 aromatic carbocycles. The van der Waals surface area contributed by atoms with E-state index in [0.29, 0.717) is 53.0 Å². The van der Waals surface area contributed by atoms with E-state index in [1.165, 1.54) is 0 Å². The van der Waals surface area contributed by atoms with Gasteiger partial charge in [0.25, 0.3) is 11.8 Å². The van der Waals surface area contributed by atoms with Crippen molar-refractivity contribution in [2.45, 2.75) is 57.0 Å². The SMILES string of the molecule is COc1cc2c(cc1OCCCCCOc1cc3c(cc1OC)C(=O)N1CCC[C@H]1CN3)N=C[C@@H]1CCCN1C2=O. The van der Waals surface area contributed by atoms with Gasteiger partial charge in [0.2, 0.25) is 0 Å². The maximum Gasteiger partial charge on any atom is 0.256 e. The number of unbranched alkanes of at least 4 members (excludes halogenated alkanes) is 2. The maximum atomic E-state index is 13.1. The number of anilines is 1. The number of benzene rings is 2. The highest BCUT2D eigenvalue weighted by atomic mass is 16.5. The number of nitrogens with one attached hydrogen (secondary N) is 1. The van der Waals surface area contributed by atoms with Crippen LogP contribution in [0.4, 0.5) is 11.4 Å². The number of nitrogens with zero attached hydrogens (tertiary/aromatic N) is 3. The first-order valence-corrected chi connectivity index (χ1v) is 14.7. The first kappa shape index (κ1) is 27.2. The summed E-state index contributed by atoms with van der Waals surface area (Å²) in [4.78, 5) is 34.6. The van der Waals surface area contributed by atoms with E-state index in [4.69, 9.17) is 18.9 Å². The molecule has 4 heterocycles. The number of fused-ring (bicyclic) bond motifs is 4. The average molecular weight is 563 g/mol. The zero-order valence-corrected chi connectivity index (χ0v) is 23.8. The van der Waals surface area contributed by atoms with Gasteiger partial charge in [0.1, 0.15) is 0 Å². The minimum atomic E-state index is -0.00122. The van der Waals surface area contributed by atoms with E-state index in [9.17, 15) is 9.59 Å². The number of carbonyl (C=O) groups excluding carboxylic acids is 2. The third-order valence-corrected chi connectivity index (χ3v) is 8.46. The highest BCUT2D eigenvalue weighted by Crippen LogP contribution is 2.39. The molecule has 4 aliphatic heterocycles.